The molecule has 3 heterocycles. The van der Waals surface area contributed by atoms with E-state index in [1.807, 2.05) is 0 Å². The van der Waals surface area contributed by atoms with Gasteiger partial charge in [0.25, 0.3) is 0 Å². The number of rotatable bonds is 7. The molecule has 1 aliphatic rings. The number of fused-ring (bicyclic) bond motifs is 3. The summed E-state index contributed by atoms with van der Waals surface area (Å²) in [4.78, 5) is 12.5. The molecule has 0 saturated carbocycles. The molecule has 1 saturated heterocycles. The maximum absolute atomic E-state index is 13.9. The number of hydrogen-bond acceptors (Lipinski definition) is 5. The van der Waals surface area contributed by atoms with Gasteiger partial charge in [-0.25, -0.2) is 9.97 Å². The topological polar surface area (TPSA) is 46.4 Å². The monoisotopic (exact) mass is 491 g/mol. The first-order valence-corrected chi connectivity index (χ1v) is 10.8. The molecule has 4 rings (SSSR count). The third kappa shape index (κ3) is 4.91. The van der Waals surface area contributed by atoms with Gasteiger partial charge < -0.3 is 9.30 Å². The molecule has 1 aliphatic heterocycles. The summed E-state index contributed by atoms with van der Waals surface area (Å²) in [6.07, 6.45) is -4.52. The van der Waals surface area contributed by atoms with E-state index in [1.54, 1.807) is 25.3 Å². The lowest BCUT2D eigenvalue weighted by Gasteiger charge is -2.34. The van der Waals surface area contributed by atoms with Gasteiger partial charge in [-0.05, 0) is 17.7 Å². The predicted molar refractivity (Wildman–Crippen MR) is 115 cm³/mol. The Labute approximate surface area is 191 Å². The zero-order chi connectivity index (χ0) is 23.8. The summed E-state index contributed by atoms with van der Waals surface area (Å²) in [5.41, 5.74) is 1.31. The van der Waals surface area contributed by atoms with Crippen LogP contribution >= 0.6 is 11.6 Å². The van der Waals surface area contributed by atoms with E-state index < -0.39 is 18.6 Å². The molecule has 0 unspecified atom stereocenters. The van der Waals surface area contributed by atoms with E-state index in [0.717, 1.165) is 42.9 Å². The fourth-order valence-corrected chi connectivity index (χ4v) is 4.36. The van der Waals surface area contributed by atoms with E-state index in [4.69, 9.17) is 16.3 Å². The third-order valence-corrected chi connectivity index (χ3v) is 6.19. The van der Waals surface area contributed by atoms with E-state index in [9.17, 15) is 22.0 Å². The van der Waals surface area contributed by atoms with Crippen molar-refractivity contribution in [1.29, 1.82) is 0 Å². The van der Waals surface area contributed by atoms with Crippen molar-refractivity contribution in [3.8, 4) is 0 Å². The van der Waals surface area contributed by atoms with Crippen molar-refractivity contribution in [2.45, 2.75) is 25.2 Å². The fourth-order valence-electron chi connectivity index (χ4n) is 4.12. The van der Waals surface area contributed by atoms with Crippen molar-refractivity contribution in [2.75, 3.05) is 46.4 Å². The molecule has 0 spiro atoms. The van der Waals surface area contributed by atoms with Crippen LogP contribution in [0.2, 0.25) is 5.15 Å². The normalized spacial score (nSPS) is 16.8. The Morgan fingerprint density at radius 1 is 1.03 bits per heavy atom. The summed E-state index contributed by atoms with van der Waals surface area (Å²) >= 11 is 6.10. The maximum atomic E-state index is 13.9. The van der Waals surface area contributed by atoms with E-state index in [-0.39, 0.29) is 21.7 Å². The standard InChI is InChI=1S/C21H23ClF5N5O/c1-33-9-8-30-4-6-31(7-5-30)11-14-2-3-16-15(10-14)17-18(19(22)29-13-28-17)32(16)12-20(23,24)21(25,26)27/h2-3,10,13H,4-9,11-12H2,1H3. The van der Waals surface area contributed by atoms with E-state index >= 15 is 0 Å². The molecule has 33 heavy (non-hydrogen) atoms. The summed E-state index contributed by atoms with van der Waals surface area (Å²) < 4.78 is 72.5. The molecule has 0 amide bonds. The van der Waals surface area contributed by atoms with Crippen LogP contribution in [-0.4, -0.2) is 82.9 Å². The zero-order valence-corrected chi connectivity index (χ0v) is 18.6. The lowest BCUT2D eigenvalue weighted by atomic mass is 10.1. The van der Waals surface area contributed by atoms with Gasteiger partial charge in [-0.1, -0.05) is 17.7 Å². The van der Waals surface area contributed by atoms with Gasteiger partial charge in [-0.2, -0.15) is 22.0 Å². The Morgan fingerprint density at radius 2 is 1.73 bits per heavy atom. The second kappa shape index (κ2) is 9.28. The van der Waals surface area contributed by atoms with E-state index in [2.05, 4.69) is 19.8 Å². The summed E-state index contributed by atoms with van der Waals surface area (Å²) in [5, 5.41) is 0.284. The van der Waals surface area contributed by atoms with Crippen molar-refractivity contribution < 1.29 is 26.7 Å². The van der Waals surface area contributed by atoms with Crippen molar-refractivity contribution in [3.05, 3.63) is 35.2 Å². The van der Waals surface area contributed by atoms with Gasteiger partial charge in [-0.15, -0.1) is 0 Å². The van der Waals surface area contributed by atoms with Crippen LogP contribution in [0.25, 0.3) is 21.9 Å². The van der Waals surface area contributed by atoms with Gasteiger partial charge in [0.1, 0.15) is 17.4 Å². The largest absolute Gasteiger partial charge is 0.455 e. The van der Waals surface area contributed by atoms with Crippen LogP contribution in [0.4, 0.5) is 22.0 Å². The molecule has 3 aromatic rings. The molecular formula is C21H23ClF5N5O. The Hall–Kier alpha value is -2.08. The molecule has 12 heteroatoms. The molecular weight excluding hydrogens is 469 g/mol. The maximum Gasteiger partial charge on any atom is 0.455 e. The molecule has 0 radical (unpaired) electrons. The molecule has 180 valence electrons. The molecule has 0 bridgehead atoms. The van der Waals surface area contributed by atoms with Crippen LogP contribution in [0.3, 0.4) is 0 Å². The van der Waals surface area contributed by atoms with Gasteiger partial charge in [-0.3, -0.25) is 9.80 Å². The molecule has 0 aliphatic carbocycles. The Balaban J connectivity index is 1.64. The number of aromatic nitrogens is 3. The zero-order valence-electron chi connectivity index (χ0n) is 17.9. The van der Waals surface area contributed by atoms with Crippen LogP contribution < -0.4 is 0 Å². The minimum Gasteiger partial charge on any atom is -0.383 e. The fraction of sp³-hybridized carbons (Fsp3) is 0.524. The van der Waals surface area contributed by atoms with Crippen LogP contribution in [-0.2, 0) is 17.8 Å². The van der Waals surface area contributed by atoms with Gasteiger partial charge in [0.15, 0.2) is 5.15 Å². The smallest absolute Gasteiger partial charge is 0.383 e. The molecule has 1 aromatic carbocycles. The number of piperazine rings is 1. The molecule has 2 aromatic heterocycles. The van der Waals surface area contributed by atoms with Crippen molar-refractivity contribution in [3.63, 3.8) is 0 Å². The van der Waals surface area contributed by atoms with Crippen molar-refractivity contribution in [1.82, 2.24) is 24.3 Å². The average molecular weight is 492 g/mol. The summed E-state index contributed by atoms with van der Waals surface area (Å²) in [6.45, 7) is 4.09. The highest BCUT2D eigenvalue weighted by Gasteiger charge is 2.57. The number of benzene rings is 1. The second-order valence-corrected chi connectivity index (χ2v) is 8.47. The SMILES string of the molecule is COCCN1CCN(Cc2ccc3c(c2)c2ncnc(Cl)c2n3CC(F)(F)C(F)(F)F)CC1. The summed E-state index contributed by atoms with van der Waals surface area (Å²) in [5.74, 6) is -4.94. The highest BCUT2D eigenvalue weighted by Crippen LogP contribution is 2.40. The van der Waals surface area contributed by atoms with Gasteiger partial charge in [0.2, 0.25) is 0 Å². The lowest BCUT2D eigenvalue weighted by molar-refractivity contribution is -0.286. The molecule has 0 atom stereocenters. The number of methoxy groups -OCH3 is 1. The summed E-state index contributed by atoms with van der Waals surface area (Å²) in [7, 11) is 1.67. The van der Waals surface area contributed by atoms with Crippen LogP contribution in [0.15, 0.2) is 24.5 Å². The predicted octanol–water partition coefficient (Wildman–Crippen LogP) is 4.20. The number of alkyl halides is 5. The highest BCUT2D eigenvalue weighted by atomic mass is 35.5. The third-order valence-electron chi connectivity index (χ3n) is 5.91. The van der Waals surface area contributed by atoms with E-state index in [0.29, 0.717) is 18.5 Å². The van der Waals surface area contributed by atoms with Crippen molar-refractivity contribution >= 4 is 33.5 Å². The lowest BCUT2D eigenvalue weighted by Crippen LogP contribution is -2.46. The summed E-state index contributed by atoms with van der Waals surface area (Å²) in [6, 6.07) is 5.06. The van der Waals surface area contributed by atoms with Crippen LogP contribution in [0, 0.1) is 0 Å². The molecule has 6 nitrogen and oxygen atoms in total. The number of ether oxygens (including phenoxy) is 1. The van der Waals surface area contributed by atoms with Gasteiger partial charge in [0.05, 0.1) is 18.7 Å². The first-order chi connectivity index (χ1) is 15.6. The van der Waals surface area contributed by atoms with Crippen LogP contribution in [0.1, 0.15) is 5.56 Å². The molecule has 0 N–H and O–H groups in total. The van der Waals surface area contributed by atoms with Crippen molar-refractivity contribution in [2.24, 2.45) is 0 Å². The van der Waals surface area contributed by atoms with Gasteiger partial charge in [0, 0.05) is 51.8 Å². The number of hydrogen-bond donors (Lipinski definition) is 0. The number of halogens is 6. The van der Waals surface area contributed by atoms with Gasteiger partial charge >= 0.3 is 12.1 Å². The second-order valence-electron chi connectivity index (χ2n) is 8.11. The Morgan fingerprint density at radius 3 is 2.39 bits per heavy atom. The highest BCUT2D eigenvalue weighted by molar-refractivity contribution is 6.34. The minimum atomic E-state index is -5.69. The van der Waals surface area contributed by atoms with Crippen LogP contribution in [0.5, 0.6) is 0 Å². The quantitative estimate of drug-likeness (QED) is 0.366. The first kappa shape index (κ1) is 24.1. The molecule has 1 fully saturated rings. The Kier molecular flexibility index (Phi) is 6.77. The van der Waals surface area contributed by atoms with E-state index in [1.165, 1.54) is 6.33 Å². The average Bonchev–Trinajstić information content (AvgIpc) is 3.06. The Bertz CT molecular complexity index is 1130. The minimum absolute atomic E-state index is 0.0398. The number of nitrogens with zero attached hydrogens (tertiary/aromatic N) is 5. The first-order valence-electron chi connectivity index (χ1n) is 10.4.